The monoisotopic (exact) mass is 414 g/mol. The Morgan fingerprint density at radius 3 is 2.29 bits per heavy atom. The van der Waals surface area contributed by atoms with Crippen molar-refractivity contribution in [2.75, 3.05) is 15.9 Å². The standard InChI is InChI=1S/C19H21F3N2O3S/c1-12-7-5-10-17(13(12)2)23-18(25)14(3)24(28(4,26)27)16-9-6-8-15(11-16)19(20,21)22/h5-11,14H,1-4H3,(H,23,25)/t14-/m0/s1. The molecule has 0 heterocycles. The maximum Gasteiger partial charge on any atom is 0.416 e. The van der Waals surface area contributed by atoms with Gasteiger partial charge < -0.3 is 5.32 Å². The highest BCUT2D eigenvalue weighted by Crippen LogP contribution is 2.33. The van der Waals surface area contributed by atoms with Crippen LogP contribution in [0.5, 0.6) is 0 Å². The zero-order valence-corrected chi connectivity index (χ0v) is 16.6. The van der Waals surface area contributed by atoms with E-state index in [1.807, 2.05) is 13.0 Å². The first kappa shape index (κ1) is 21.7. The number of halogens is 3. The number of hydrogen-bond donors (Lipinski definition) is 1. The van der Waals surface area contributed by atoms with E-state index >= 15 is 0 Å². The van der Waals surface area contributed by atoms with Crippen molar-refractivity contribution in [2.45, 2.75) is 33.0 Å². The van der Waals surface area contributed by atoms with E-state index in [9.17, 15) is 26.4 Å². The van der Waals surface area contributed by atoms with Gasteiger partial charge >= 0.3 is 6.18 Å². The molecule has 1 atom stereocenters. The molecule has 0 bridgehead atoms. The molecule has 0 spiro atoms. The number of anilines is 2. The molecular weight excluding hydrogens is 393 g/mol. The Bertz CT molecular complexity index is 988. The average Bonchev–Trinajstić information content (AvgIpc) is 2.57. The minimum absolute atomic E-state index is 0.235. The fraction of sp³-hybridized carbons (Fsp3) is 0.316. The van der Waals surface area contributed by atoms with E-state index in [0.717, 1.165) is 29.5 Å². The molecule has 9 heteroatoms. The Labute approximate surface area is 162 Å². The Hall–Kier alpha value is -2.55. The summed E-state index contributed by atoms with van der Waals surface area (Å²) in [6.07, 6.45) is -3.79. The summed E-state index contributed by atoms with van der Waals surface area (Å²) in [5.74, 6) is -0.656. The van der Waals surface area contributed by atoms with Crippen LogP contribution in [0.25, 0.3) is 0 Å². The first-order chi connectivity index (χ1) is 12.8. The largest absolute Gasteiger partial charge is 0.416 e. The minimum atomic E-state index is -4.64. The Balaban J connectivity index is 2.41. The van der Waals surface area contributed by atoms with Gasteiger partial charge in [0.1, 0.15) is 6.04 Å². The van der Waals surface area contributed by atoms with E-state index in [4.69, 9.17) is 0 Å². The molecule has 1 amide bonds. The number of carbonyl (C=O) groups excluding carboxylic acids is 1. The summed E-state index contributed by atoms with van der Waals surface area (Å²) < 4.78 is 64.3. The van der Waals surface area contributed by atoms with E-state index in [0.29, 0.717) is 16.1 Å². The predicted molar refractivity (Wildman–Crippen MR) is 103 cm³/mol. The SMILES string of the molecule is Cc1cccc(NC(=O)[C@H](C)N(c2cccc(C(F)(F)F)c2)S(C)(=O)=O)c1C. The summed E-state index contributed by atoms with van der Waals surface area (Å²) in [5, 5.41) is 2.65. The van der Waals surface area contributed by atoms with Crippen LogP contribution in [-0.4, -0.2) is 26.6 Å². The number of aryl methyl sites for hydroxylation is 1. The maximum absolute atomic E-state index is 13.0. The summed E-state index contributed by atoms with van der Waals surface area (Å²) in [7, 11) is -4.03. The summed E-state index contributed by atoms with van der Waals surface area (Å²) in [6, 6.07) is 7.88. The normalized spacial score (nSPS) is 13.1. The minimum Gasteiger partial charge on any atom is -0.324 e. The van der Waals surface area contributed by atoms with Crippen molar-refractivity contribution in [1.29, 1.82) is 0 Å². The van der Waals surface area contributed by atoms with Crippen molar-refractivity contribution in [3.63, 3.8) is 0 Å². The van der Waals surface area contributed by atoms with Crippen molar-refractivity contribution < 1.29 is 26.4 Å². The highest BCUT2D eigenvalue weighted by molar-refractivity contribution is 7.92. The summed E-state index contributed by atoms with van der Waals surface area (Å²) in [6.45, 7) is 4.98. The number of sulfonamides is 1. The number of hydrogen-bond acceptors (Lipinski definition) is 3. The molecule has 0 aliphatic heterocycles. The van der Waals surface area contributed by atoms with Gasteiger partial charge in [0, 0.05) is 5.69 Å². The van der Waals surface area contributed by atoms with Crippen LogP contribution >= 0.6 is 0 Å². The van der Waals surface area contributed by atoms with Gasteiger partial charge in [-0.15, -0.1) is 0 Å². The van der Waals surface area contributed by atoms with E-state index in [2.05, 4.69) is 5.32 Å². The first-order valence-electron chi connectivity index (χ1n) is 8.36. The van der Waals surface area contributed by atoms with Crippen molar-refractivity contribution in [3.05, 3.63) is 59.2 Å². The lowest BCUT2D eigenvalue weighted by molar-refractivity contribution is -0.137. The van der Waals surface area contributed by atoms with Crippen LogP contribution in [0.3, 0.4) is 0 Å². The Morgan fingerprint density at radius 2 is 1.71 bits per heavy atom. The smallest absolute Gasteiger partial charge is 0.324 e. The van der Waals surface area contributed by atoms with Gasteiger partial charge in [0.2, 0.25) is 15.9 Å². The highest BCUT2D eigenvalue weighted by Gasteiger charge is 2.34. The van der Waals surface area contributed by atoms with Gasteiger partial charge in [-0.05, 0) is 56.2 Å². The average molecular weight is 414 g/mol. The summed E-state index contributed by atoms with van der Waals surface area (Å²) in [5.41, 5.74) is 1.02. The molecule has 152 valence electrons. The molecule has 2 aromatic carbocycles. The van der Waals surface area contributed by atoms with Crippen LogP contribution in [0.2, 0.25) is 0 Å². The first-order valence-corrected chi connectivity index (χ1v) is 10.2. The van der Waals surface area contributed by atoms with Crippen LogP contribution in [-0.2, 0) is 21.0 Å². The van der Waals surface area contributed by atoms with E-state index in [1.165, 1.54) is 13.0 Å². The third-order valence-corrected chi connectivity index (χ3v) is 5.62. The van der Waals surface area contributed by atoms with E-state index in [1.54, 1.807) is 19.1 Å². The van der Waals surface area contributed by atoms with Gasteiger partial charge in [-0.3, -0.25) is 9.10 Å². The zero-order chi connectivity index (χ0) is 21.3. The molecule has 2 aromatic rings. The molecule has 28 heavy (non-hydrogen) atoms. The van der Waals surface area contributed by atoms with Gasteiger partial charge in [0.05, 0.1) is 17.5 Å². The van der Waals surface area contributed by atoms with Gasteiger partial charge in [0.15, 0.2) is 0 Å². The van der Waals surface area contributed by atoms with E-state index in [-0.39, 0.29) is 5.69 Å². The molecule has 0 saturated heterocycles. The number of benzene rings is 2. The van der Waals surface area contributed by atoms with Gasteiger partial charge in [-0.2, -0.15) is 13.2 Å². The highest BCUT2D eigenvalue weighted by atomic mass is 32.2. The van der Waals surface area contributed by atoms with Gasteiger partial charge in [0.25, 0.3) is 0 Å². The van der Waals surface area contributed by atoms with Crippen LogP contribution in [0, 0.1) is 13.8 Å². The molecule has 0 fully saturated rings. The Kier molecular flexibility index (Phi) is 6.08. The van der Waals surface area contributed by atoms with Crippen molar-refractivity contribution in [1.82, 2.24) is 0 Å². The van der Waals surface area contributed by atoms with Crippen LogP contribution in [0.15, 0.2) is 42.5 Å². The third kappa shape index (κ3) is 4.83. The predicted octanol–water partition coefficient (Wildman–Crippen LogP) is 4.12. The second-order valence-electron chi connectivity index (χ2n) is 6.52. The molecule has 0 saturated carbocycles. The van der Waals surface area contributed by atoms with Crippen molar-refractivity contribution in [2.24, 2.45) is 0 Å². The number of carbonyl (C=O) groups is 1. The third-order valence-electron chi connectivity index (χ3n) is 4.38. The van der Waals surface area contributed by atoms with Crippen LogP contribution in [0.4, 0.5) is 24.5 Å². The molecule has 1 N–H and O–H groups in total. The van der Waals surface area contributed by atoms with Crippen LogP contribution < -0.4 is 9.62 Å². The van der Waals surface area contributed by atoms with Crippen molar-refractivity contribution >= 4 is 27.3 Å². The van der Waals surface area contributed by atoms with Crippen molar-refractivity contribution in [3.8, 4) is 0 Å². The topological polar surface area (TPSA) is 66.5 Å². The lowest BCUT2D eigenvalue weighted by Crippen LogP contribution is -2.45. The molecule has 2 rings (SSSR count). The number of rotatable bonds is 5. The fourth-order valence-corrected chi connectivity index (χ4v) is 3.92. The summed E-state index contributed by atoms with van der Waals surface area (Å²) >= 11 is 0. The zero-order valence-electron chi connectivity index (χ0n) is 15.8. The molecular formula is C19H21F3N2O3S. The Morgan fingerprint density at radius 1 is 1.11 bits per heavy atom. The summed E-state index contributed by atoms with van der Waals surface area (Å²) in [4.78, 5) is 12.7. The van der Waals surface area contributed by atoms with Crippen LogP contribution in [0.1, 0.15) is 23.6 Å². The maximum atomic E-state index is 13.0. The number of amides is 1. The quantitative estimate of drug-likeness (QED) is 0.801. The molecule has 0 aliphatic rings. The lowest BCUT2D eigenvalue weighted by atomic mass is 10.1. The second-order valence-corrected chi connectivity index (χ2v) is 8.38. The molecule has 0 unspecified atom stereocenters. The van der Waals surface area contributed by atoms with Gasteiger partial charge in [-0.25, -0.2) is 8.42 Å². The van der Waals surface area contributed by atoms with Gasteiger partial charge in [-0.1, -0.05) is 18.2 Å². The molecule has 0 aliphatic carbocycles. The number of alkyl halides is 3. The molecule has 0 aromatic heterocycles. The fourth-order valence-electron chi connectivity index (χ4n) is 2.75. The lowest BCUT2D eigenvalue weighted by Gasteiger charge is -2.29. The number of nitrogens with one attached hydrogen (secondary N) is 1. The van der Waals surface area contributed by atoms with E-state index < -0.39 is 33.7 Å². The number of nitrogens with zero attached hydrogens (tertiary/aromatic N) is 1. The molecule has 5 nitrogen and oxygen atoms in total. The second kappa shape index (κ2) is 7.83. The molecule has 0 radical (unpaired) electrons.